The summed E-state index contributed by atoms with van der Waals surface area (Å²) in [7, 11) is -3.06. The largest absolute Gasteiger partial charge is 0.337 e. The summed E-state index contributed by atoms with van der Waals surface area (Å²) in [6.45, 7) is 6.47. The number of hydrogen-bond acceptors (Lipinski definition) is 5. The van der Waals surface area contributed by atoms with Gasteiger partial charge in [-0.05, 0) is 32.4 Å². The summed E-state index contributed by atoms with van der Waals surface area (Å²) in [4.78, 5) is 19.8. The fourth-order valence-electron chi connectivity index (χ4n) is 3.66. The summed E-state index contributed by atoms with van der Waals surface area (Å²) < 4.78 is 25.3. The number of aryl methyl sites for hydroxylation is 1. The zero-order chi connectivity index (χ0) is 20.8. The molecule has 1 aliphatic rings. The van der Waals surface area contributed by atoms with Gasteiger partial charge in [-0.15, -0.1) is 0 Å². The van der Waals surface area contributed by atoms with Crippen molar-refractivity contribution in [2.45, 2.75) is 26.8 Å². The van der Waals surface area contributed by atoms with Gasteiger partial charge in [0, 0.05) is 24.7 Å². The van der Waals surface area contributed by atoms with E-state index >= 15 is 0 Å². The molecule has 0 saturated carbocycles. The summed E-state index contributed by atoms with van der Waals surface area (Å²) >= 11 is 0. The molecule has 0 atom stereocenters. The lowest BCUT2D eigenvalue weighted by atomic mass is 10.0. The number of hydrogen-bond donors (Lipinski definition) is 0. The summed E-state index contributed by atoms with van der Waals surface area (Å²) in [5.41, 5.74) is 3.91. The summed E-state index contributed by atoms with van der Waals surface area (Å²) in [6.07, 6.45) is 1.68. The van der Waals surface area contributed by atoms with E-state index in [1.807, 2.05) is 55.8 Å². The van der Waals surface area contributed by atoms with Gasteiger partial charge in [0.15, 0.2) is 15.5 Å². The van der Waals surface area contributed by atoms with Crippen molar-refractivity contribution in [2.75, 3.05) is 24.6 Å². The minimum absolute atomic E-state index is 0.00285. The minimum Gasteiger partial charge on any atom is -0.337 e. The number of amides is 1. The molecule has 0 bridgehead atoms. The molecule has 7 nitrogen and oxygen atoms in total. The Balaban J connectivity index is 1.86. The predicted molar refractivity (Wildman–Crippen MR) is 113 cm³/mol. The lowest BCUT2D eigenvalue weighted by molar-refractivity contribution is 0.0772. The van der Waals surface area contributed by atoms with Crippen LogP contribution in [0.4, 0.5) is 0 Å². The highest BCUT2D eigenvalue weighted by Crippen LogP contribution is 2.29. The molecule has 3 heterocycles. The van der Waals surface area contributed by atoms with E-state index < -0.39 is 9.84 Å². The van der Waals surface area contributed by atoms with Crippen LogP contribution in [0.3, 0.4) is 0 Å². The maximum absolute atomic E-state index is 13.3. The molecule has 4 rings (SSSR count). The van der Waals surface area contributed by atoms with E-state index in [9.17, 15) is 13.2 Å². The highest BCUT2D eigenvalue weighted by Gasteiger charge is 2.28. The van der Waals surface area contributed by atoms with Crippen LogP contribution in [-0.4, -0.2) is 58.6 Å². The van der Waals surface area contributed by atoms with Gasteiger partial charge in [-0.1, -0.05) is 24.3 Å². The van der Waals surface area contributed by atoms with Crippen LogP contribution in [0.5, 0.6) is 0 Å². The van der Waals surface area contributed by atoms with E-state index in [4.69, 9.17) is 4.98 Å². The first kappa shape index (κ1) is 19.6. The second kappa shape index (κ2) is 7.26. The molecule has 3 aromatic rings. The van der Waals surface area contributed by atoms with E-state index in [1.165, 1.54) is 0 Å². The van der Waals surface area contributed by atoms with Crippen LogP contribution in [0.2, 0.25) is 0 Å². The summed E-state index contributed by atoms with van der Waals surface area (Å²) in [5, 5.41) is 5.14. The normalized spacial score (nSPS) is 16.5. The van der Waals surface area contributed by atoms with Crippen molar-refractivity contribution >= 4 is 26.8 Å². The van der Waals surface area contributed by atoms with Gasteiger partial charge < -0.3 is 4.90 Å². The number of pyridine rings is 1. The zero-order valence-electron chi connectivity index (χ0n) is 16.8. The number of nitrogens with zero attached hydrogens (tertiary/aromatic N) is 4. The minimum atomic E-state index is -3.06. The number of rotatable bonds is 3. The SMILES string of the molecule is Cc1ccccc1-c1cc(C(=O)N2CCS(=O)(=O)CC2)c2cnn(C(C)C)c2n1. The van der Waals surface area contributed by atoms with Gasteiger partial charge in [0.2, 0.25) is 0 Å². The summed E-state index contributed by atoms with van der Waals surface area (Å²) in [5.74, 6) is -0.170. The highest BCUT2D eigenvalue weighted by molar-refractivity contribution is 7.91. The first-order chi connectivity index (χ1) is 13.8. The molecule has 0 aliphatic carbocycles. The van der Waals surface area contributed by atoms with Crippen molar-refractivity contribution < 1.29 is 13.2 Å². The van der Waals surface area contributed by atoms with Gasteiger partial charge in [-0.25, -0.2) is 18.1 Å². The highest BCUT2D eigenvalue weighted by atomic mass is 32.2. The van der Waals surface area contributed by atoms with E-state index in [-0.39, 0.29) is 36.5 Å². The van der Waals surface area contributed by atoms with Crippen molar-refractivity contribution in [2.24, 2.45) is 0 Å². The van der Waals surface area contributed by atoms with Crippen molar-refractivity contribution in [1.82, 2.24) is 19.7 Å². The molecule has 0 unspecified atom stereocenters. The number of aromatic nitrogens is 3. The smallest absolute Gasteiger partial charge is 0.254 e. The third-order valence-electron chi connectivity index (χ3n) is 5.34. The first-order valence-electron chi connectivity index (χ1n) is 9.71. The predicted octanol–water partition coefficient (Wildman–Crippen LogP) is 2.86. The van der Waals surface area contributed by atoms with Crippen LogP contribution in [0.1, 0.15) is 35.8 Å². The molecule has 0 radical (unpaired) electrons. The molecule has 1 amide bonds. The number of carbonyl (C=O) groups excluding carboxylic acids is 1. The molecule has 1 aromatic carbocycles. The Morgan fingerprint density at radius 3 is 2.48 bits per heavy atom. The molecule has 0 N–H and O–H groups in total. The zero-order valence-corrected chi connectivity index (χ0v) is 17.6. The average molecular weight is 413 g/mol. The van der Waals surface area contributed by atoms with Gasteiger partial charge in [-0.2, -0.15) is 5.10 Å². The maximum Gasteiger partial charge on any atom is 0.254 e. The number of carbonyl (C=O) groups is 1. The molecule has 1 fully saturated rings. The fraction of sp³-hybridized carbons (Fsp3) is 0.381. The van der Waals surface area contributed by atoms with Crippen LogP contribution in [0, 0.1) is 6.92 Å². The Labute approximate surface area is 170 Å². The Morgan fingerprint density at radius 2 is 1.83 bits per heavy atom. The molecule has 1 saturated heterocycles. The quantitative estimate of drug-likeness (QED) is 0.660. The van der Waals surface area contributed by atoms with Gasteiger partial charge >= 0.3 is 0 Å². The van der Waals surface area contributed by atoms with E-state index in [1.54, 1.807) is 11.1 Å². The molecule has 152 valence electrons. The Morgan fingerprint density at radius 1 is 1.14 bits per heavy atom. The first-order valence-corrected chi connectivity index (χ1v) is 11.5. The Hall–Kier alpha value is -2.74. The lowest BCUT2D eigenvalue weighted by Gasteiger charge is -2.27. The third-order valence-corrected chi connectivity index (χ3v) is 6.95. The van der Waals surface area contributed by atoms with Crippen LogP contribution in [0.25, 0.3) is 22.3 Å². The van der Waals surface area contributed by atoms with Crippen molar-refractivity contribution in [3.8, 4) is 11.3 Å². The molecule has 1 aliphatic heterocycles. The van der Waals surface area contributed by atoms with E-state index in [2.05, 4.69) is 5.10 Å². The third kappa shape index (κ3) is 3.64. The Kier molecular flexibility index (Phi) is 4.90. The van der Waals surface area contributed by atoms with Gasteiger partial charge in [0.1, 0.15) is 0 Å². The molecular weight excluding hydrogens is 388 g/mol. The van der Waals surface area contributed by atoms with Crippen LogP contribution < -0.4 is 0 Å². The van der Waals surface area contributed by atoms with Gasteiger partial charge in [-0.3, -0.25) is 4.79 Å². The topological polar surface area (TPSA) is 85.2 Å². The molecular formula is C21H24N4O3S. The molecule has 8 heteroatoms. The van der Waals surface area contributed by atoms with Crippen molar-refractivity contribution in [3.63, 3.8) is 0 Å². The van der Waals surface area contributed by atoms with Gasteiger partial charge in [0.05, 0.1) is 34.3 Å². The second-order valence-corrected chi connectivity index (χ2v) is 10.0. The van der Waals surface area contributed by atoms with Gasteiger partial charge in [0.25, 0.3) is 5.91 Å². The standard InChI is InChI=1S/C21H24N4O3S/c1-14(2)25-20-18(13-22-25)17(21(26)24-8-10-29(27,28)11-9-24)12-19(23-20)16-7-5-4-6-15(16)3/h4-7,12-14H,8-11H2,1-3H3. The van der Waals surface area contributed by atoms with Crippen LogP contribution in [-0.2, 0) is 9.84 Å². The number of sulfone groups is 1. The summed E-state index contributed by atoms with van der Waals surface area (Å²) in [6, 6.07) is 9.82. The number of benzene rings is 1. The Bertz CT molecular complexity index is 1180. The molecule has 29 heavy (non-hydrogen) atoms. The second-order valence-electron chi connectivity index (χ2n) is 7.73. The van der Waals surface area contributed by atoms with E-state index in [0.717, 1.165) is 11.1 Å². The van der Waals surface area contributed by atoms with Crippen molar-refractivity contribution in [3.05, 3.63) is 47.7 Å². The maximum atomic E-state index is 13.3. The number of fused-ring (bicyclic) bond motifs is 1. The average Bonchev–Trinajstić information content (AvgIpc) is 3.11. The van der Waals surface area contributed by atoms with Crippen LogP contribution >= 0.6 is 0 Å². The fourth-order valence-corrected chi connectivity index (χ4v) is 4.86. The van der Waals surface area contributed by atoms with E-state index in [0.29, 0.717) is 22.3 Å². The monoisotopic (exact) mass is 412 g/mol. The van der Waals surface area contributed by atoms with Crippen LogP contribution in [0.15, 0.2) is 36.5 Å². The van der Waals surface area contributed by atoms with Crippen molar-refractivity contribution in [1.29, 1.82) is 0 Å². The molecule has 0 spiro atoms. The molecule has 2 aromatic heterocycles. The lowest BCUT2D eigenvalue weighted by Crippen LogP contribution is -2.43.